The predicted molar refractivity (Wildman–Crippen MR) is 129 cm³/mol. The molecule has 0 saturated carbocycles. The van der Waals surface area contributed by atoms with Crippen LogP contribution in [-0.2, 0) is 19.8 Å². The van der Waals surface area contributed by atoms with Gasteiger partial charge in [-0.1, -0.05) is 43.4 Å². The van der Waals surface area contributed by atoms with E-state index in [4.69, 9.17) is 13.3 Å². The molecule has 0 aliphatic rings. The van der Waals surface area contributed by atoms with Gasteiger partial charge in [-0.05, 0) is 65.6 Å². The lowest BCUT2D eigenvalue weighted by Crippen LogP contribution is -2.46. The van der Waals surface area contributed by atoms with Gasteiger partial charge in [-0.3, -0.25) is 4.90 Å². The molecular formula is C23H45NO3Si2. The van der Waals surface area contributed by atoms with Crippen LogP contribution in [-0.4, -0.2) is 54.4 Å². The molecule has 0 unspecified atom stereocenters. The van der Waals surface area contributed by atoms with Gasteiger partial charge in [-0.2, -0.15) is 0 Å². The SMILES string of the molecule is CCO[Si](CCCCN(Cc1ccccc1)C(C)(C)C)(OCC)OCC[SiH](C)C. The second kappa shape index (κ2) is 13.7. The van der Waals surface area contributed by atoms with Crippen molar-refractivity contribution in [2.45, 2.75) is 84.7 Å². The van der Waals surface area contributed by atoms with E-state index in [-0.39, 0.29) is 5.54 Å². The molecule has 1 aromatic rings. The fraction of sp³-hybridized carbons (Fsp3) is 0.739. The maximum Gasteiger partial charge on any atom is 0.500 e. The Hall–Kier alpha value is -0.506. The van der Waals surface area contributed by atoms with Crippen LogP contribution < -0.4 is 0 Å². The highest BCUT2D eigenvalue weighted by molar-refractivity contribution is 6.61. The molecular weight excluding hydrogens is 394 g/mol. The van der Waals surface area contributed by atoms with Crippen LogP contribution >= 0.6 is 0 Å². The zero-order chi connectivity index (χ0) is 21.8. The van der Waals surface area contributed by atoms with Crippen molar-refractivity contribution < 1.29 is 13.3 Å². The van der Waals surface area contributed by atoms with Gasteiger partial charge in [0.2, 0.25) is 0 Å². The third-order valence-corrected chi connectivity index (χ3v) is 9.53. The van der Waals surface area contributed by atoms with Crippen LogP contribution in [0.5, 0.6) is 0 Å². The molecule has 29 heavy (non-hydrogen) atoms. The monoisotopic (exact) mass is 439 g/mol. The van der Waals surface area contributed by atoms with Crippen molar-refractivity contribution >= 4 is 17.6 Å². The van der Waals surface area contributed by atoms with Crippen molar-refractivity contribution in [3.63, 3.8) is 0 Å². The van der Waals surface area contributed by atoms with Gasteiger partial charge in [-0.25, -0.2) is 0 Å². The Balaban J connectivity index is 2.63. The third kappa shape index (κ3) is 10.9. The summed E-state index contributed by atoms with van der Waals surface area (Å²) in [5.74, 6) is 0. The van der Waals surface area contributed by atoms with Crippen molar-refractivity contribution in [2.75, 3.05) is 26.4 Å². The van der Waals surface area contributed by atoms with E-state index in [1.54, 1.807) is 0 Å². The molecule has 0 fully saturated rings. The molecule has 0 aliphatic carbocycles. The van der Waals surface area contributed by atoms with Gasteiger partial charge in [0, 0.05) is 46.7 Å². The molecule has 1 aromatic carbocycles. The van der Waals surface area contributed by atoms with Crippen LogP contribution in [0, 0.1) is 0 Å². The molecule has 6 heteroatoms. The van der Waals surface area contributed by atoms with Crippen molar-refractivity contribution in [3.05, 3.63) is 35.9 Å². The molecule has 0 amide bonds. The third-order valence-electron chi connectivity index (χ3n) is 5.07. The number of nitrogens with zero attached hydrogens (tertiary/aromatic N) is 1. The average Bonchev–Trinajstić information content (AvgIpc) is 2.64. The van der Waals surface area contributed by atoms with Gasteiger partial charge in [0.05, 0.1) is 0 Å². The first-order valence-electron chi connectivity index (χ1n) is 11.4. The Kier molecular flexibility index (Phi) is 12.6. The Morgan fingerprint density at radius 1 is 0.931 bits per heavy atom. The molecule has 0 aliphatic heterocycles. The van der Waals surface area contributed by atoms with E-state index < -0.39 is 17.6 Å². The first-order valence-corrected chi connectivity index (χ1v) is 16.5. The second-order valence-electron chi connectivity index (χ2n) is 9.12. The number of rotatable bonds is 15. The molecule has 0 N–H and O–H groups in total. The lowest BCUT2D eigenvalue weighted by Gasteiger charge is -2.36. The summed E-state index contributed by atoms with van der Waals surface area (Å²) >= 11 is 0. The average molecular weight is 440 g/mol. The largest absolute Gasteiger partial charge is 0.500 e. The van der Waals surface area contributed by atoms with Crippen LogP contribution in [0.3, 0.4) is 0 Å². The maximum absolute atomic E-state index is 6.31. The van der Waals surface area contributed by atoms with E-state index in [2.05, 4.69) is 69.1 Å². The van der Waals surface area contributed by atoms with Gasteiger partial charge in [0.1, 0.15) is 0 Å². The summed E-state index contributed by atoms with van der Waals surface area (Å²) in [5, 5.41) is 0. The summed E-state index contributed by atoms with van der Waals surface area (Å²) < 4.78 is 18.5. The minimum Gasteiger partial charge on any atom is -0.374 e. The molecule has 0 radical (unpaired) electrons. The molecule has 1 rings (SSSR count). The highest BCUT2D eigenvalue weighted by Gasteiger charge is 2.40. The van der Waals surface area contributed by atoms with Crippen LogP contribution in [0.4, 0.5) is 0 Å². The van der Waals surface area contributed by atoms with Crippen LogP contribution in [0.15, 0.2) is 30.3 Å². The quantitative estimate of drug-likeness (QED) is 0.263. The van der Waals surface area contributed by atoms with Crippen molar-refractivity contribution in [3.8, 4) is 0 Å². The lowest BCUT2D eigenvalue weighted by atomic mass is 10.0. The Morgan fingerprint density at radius 2 is 1.55 bits per heavy atom. The van der Waals surface area contributed by atoms with Crippen molar-refractivity contribution in [1.82, 2.24) is 4.90 Å². The molecule has 0 spiro atoms. The molecule has 0 saturated heterocycles. The van der Waals surface area contributed by atoms with Crippen LogP contribution in [0.1, 0.15) is 53.0 Å². The topological polar surface area (TPSA) is 30.9 Å². The molecule has 0 atom stereocenters. The predicted octanol–water partition coefficient (Wildman–Crippen LogP) is 5.58. The van der Waals surface area contributed by atoms with Crippen LogP contribution in [0.2, 0.25) is 25.2 Å². The van der Waals surface area contributed by atoms with Gasteiger partial charge in [0.25, 0.3) is 0 Å². The zero-order valence-corrected chi connectivity index (χ0v) is 22.2. The van der Waals surface area contributed by atoms with E-state index >= 15 is 0 Å². The molecule has 0 heterocycles. The summed E-state index contributed by atoms with van der Waals surface area (Å²) in [6.45, 7) is 19.9. The molecule has 0 aromatic heterocycles. The molecule has 168 valence electrons. The highest BCUT2D eigenvalue weighted by atomic mass is 28.4. The van der Waals surface area contributed by atoms with E-state index in [0.717, 1.165) is 38.6 Å². The summed E-state index contributed by atoms with van der Waals surface area (Å²) in [6, 6.07) is 12.9. The van der Waals surface area contributed by atoms with E-state index in [9.17, 15) is 0 Å². The van der Waals surface area contributed by atoms with Gasteiger partial charge < -0.3 is 13.3 Å². The van der Waals surface area contributed by atoms with Gasteiger partial charge in [-0.15, -0.1) is 0 Å². The number of hydrogen-bond donors (Lipinski definition) is 0. The second-order valence-corrected chi connectivity index (χ2v) is 15.2. The van der Waals surface area contributed by atoms with E-state index in [0.29, 0.717) is 13.2 Å². The van der Waals surface area contributed by atoms with Gasteiger partial charge in [0.15, 0.2) is 0 Å². The minimum atomic E-state index is -2.55. The lowest BCUT2D eigenvalue weighted by molar-refractivity contribution is 0.0696. The standard InChI is InChI=1S/C23H45NO3Si2/c1-8-25-29(26-9-2,27-18-19-28(6)7)20-14-13-17-24(23(3,4)5)21-22-15-11-10-12-16-22/h10-12,15-16,28H,8-9,13-14,17-21H2,1-7H3. The first kappa shape index (κ1) is 26.5. The van der Waals surface area contributed by atoms with Gasteiger partial charge >= 0.3 is 8.80 Å². The smallest absolute Gasteiger partial charge is 0.374 e. The Bertz CT molecular complexity index is 529. The summed E-state index contributed by atoms with van der Waals surface area (Å²) in [4.78, 5) is 2.57. The fourth-order valence-electron chi connectivity index (χ4n) is 3.33. The highest BCUT2D eigenvalue weighted by Crippen LogP contribution is 2.22. The van der Waals surface area contributed by atoms with E-state index in [1.807, 2.05) is 13.8 Å². The number of benzene rings is 1. The summed E-state index contributed by atoms with van der Waals surface area (Å²) in [6.07, 6.45) is 2.20. The molecule has 4 nitrogen and oxygen atoms in total. The summed E-state index contributed by atoms with van der Waals surface area (Å²) in [7, 11) is -3.17. The van der Waals surface area contributed by atoms with Crippen molar-refractivity contribution in [2.24, 2.45) is 0 Å². The first-order chi connectivity index (χ1) is 13.7. The van der Waals surface area contributed by atoms with Crippen molar-refractivity contribution in [1.29, 1.82) is 0 Å². The summed E-state index contributed by atoms with van der Waals surface area (Å²) in [5.41, 5.74) is 1.51. The zero-order valence-electron chi connectivity index (χ0n) is 20.0. The van der Waals surface area contributed by atoms with E-state index in [1.165, 1.54) is 11.6 Å². The Labute approximate surface area is 182 Å². The number of hydrogen-bond acceptors (Lipinski definition) is 4. The minimum absolute atomic E-state index is 0.141. The normalized spacial score (nSPS) is 12.9. The maximum atomic E-state index is 6.31. The fourth-order valence-corrected chi connectivity index (χ4v) is 6.83. The van der Waals surface area contributed by atoms with Crippen LogP contribution in [0.25, 0.3) is 0 Å². The Morgan fingerprint density at radius 3 is 2.07 bits per heavy atom. The molecule has 0 bridgehead atoms. The number of unbranched alkanes of at least 4 members (excludes halogenated alkanes) is 1.